The van der Waals surface area contributed by atoms with Crippen molar-refractivity contribution in [3.05, 3.63) is 71.3 Å². The summed E-state index contributed by atoms with van der Waals surface area (Å²) in [7, 11) is 0. The molecule has 0 radical (unpaired) electrons. The summed E-state index contributed by atoms with van der Waals surface area (Å²) in [6, 6.07) is 14.9. The highest BCUT2D eigenvalue weighted by molar-refractivity contribution is 5.92. The third kappa shape index (κ3) is 12.5. The number of nitrogens with one attached hydrogen (secondary N) is 2. The fourth-order valence-corrected chi connectivity index (χ4v) is 4.74. The molecule has 0 spiro atoms. The van der Waals surface area contributed by atoms with Crippen molar-refractivity contribution in [3.63, 3.8) is 0 Å². The van der Waals surface area contributed by atoms with Gasteiger partial charge in [0.25, 0.3) is 0 Å². The van der Waals surface area contributed by atoms with Crippen LogP contribution >= 0.6 is 0 Å². The predicted molar refractivity (Wildman–Crippen MR) is 167 cm³/mol. The van der Waals surface area contributed by atoms with Crippen LogP contribution in [0.2, 0.25) is 0 Å². The number of aryl methyl sites for hydroxylation is 1. The highest BCUT2D eigenvalue weighted by atomic mass is 16.6. The van der Waals surface area contributed by atoms with Crippen LogP contribution in [-0.2, 0) is 30.3 Å². The van der Waals surface area contributed by atoms with Gasteiger partial charge in [0, 0.05) is 19.5 Å². The number of nitrogens with zero attached hydrogens (tertiary/aromatic N) is 1. The minimum atomic E-state index is -0.984. The lowest BCUT2D eigenvalue weighted by atomic mass is 9.96. The average Bonchev–Trinajstić information content (AvgIpc) is 2.94. The number of rotatable bonds is 16. The van der Waals surface area contributed by atoms with Gasteiger partial charge in [-0.1, -0.05) is 80.8 Å². The Hall–Kier alpha value is -3.88. The molecule has 2 N–H and O–H groups in total. The fraction of sp³-hybridized carbons (Fsp3) is 0.529. The van der Waals surface area contributed by atoms with E-state index in [2.05, 4.69) is 17.6 Å². The molecule has 236 valence electrons. The van der Waals surface area contributed by atoms with E-state index in [9.17, 15) is 19.2 Å². The molecule has 0 saturated carbocycles. The minimum absolute atomic E-state index is 0.0152. The molecule has 2 atom stereocenters. The van der Waals surface area contributed by atoms with E-state index in [-0.39, 0.29) is 31.9 Å². The maximum Gasteiger partial charge on any atom is 0.408 e. The minimum Gasteiger partial charge on any atom is -0.466 e. The Morgan fingerprint density at radius 3 is 2.21 bits per heavy atom. The van der Waals surface area contributed by atoms with Gasteiger partial charge in [0.05, 0.1) is 13.0 Å². The van der Waals surface area contributed by atoms with Crippen LogP contribution in [0.5, 0.6) is 0 Å². The molecule has 43 heavy (non-hydrogen) atoms. The standard InChI is InChI=1S/C34H49N3O6/c1-7-9-10-16-23-37(30(27-20-15-14-17-25(27)3)31(39)35-22-21-29(38)42-8-2)32(40)28(24-26-18-12-11-13-19-26)36-33(41)43-34(4,5)6/h11-15,17-20,28,30H,7-10,16,21-24H2,1-6H3,(H,35,39)(H,36,41). The summed E-state index contributed by atoms with van der Waals surface area (Å²) < 4.78 is 10.5. The monoisotopic (exact) mass is 595 g/mol. The van der Waals surface area contributed by atoms with E-state index in [1.54, 1.807) is 32.6 Å². The van der Waals surface area contributed by atoms with Crippen LogP contribution in [-0.4, -0.2) is 60.1 Å². The Morgan fingerprint density at radius 2 is 1.58 bits per heavy atom. The second-order valence-electron chi connectivity index (χ2n) is 11.6. The van der Waals surface area contributed by atoms with E-state index >= 15 is 0 Å². The van der Waals surface area contributed by atoms with Crippen LogP contribution in [0.1, 0.15) is 89.5 Å². The molecule has 9 nitrogen and oxygen atoms in total. The van der Waals surface area contributed by atoms with Crippen LogP contribution in [0.3, 0.4) is 0 Å². The predicted octanol–water partition coefficient (Wildman–Crippen LogP) is 5.65. The molecule has 0 aliphatic heterocycles. The Bertz CT molecular complexity index is 1180. The third-order valence-corrected chi connectivity index (χ3v) is 6.78. The SMILES string of the molecule is CCCCCCN(C(=O)C(Cc1ccccc1)NC(=O)OC(C)(C)C)C(C(=O)NCCC(=O)OCC)c1ccccc1C. The number of esters is 1. The van der Waals surface area contributed by atoms with Gasteiger partial charge in [0.15, 0.2) is 0 Å². The van der Waals surface area contributed by atoms with Crippen molar-refractivity contribution in [2.45, 2.75) is 97.8 Å². The van der Waals surface area contributed by atoms with Crippen molar-refractivity contribution in [2.75, 3.05) is 19.7 Å². The third-order valence-electron chi connectivity index (χ3n) is 6.78. The van der Waals surface area contributed by atoms with Crippen LogP contribution in [0.4, 0.5) is 4.79 Å². The zero-order chi connectivity index (χ0) is 31.8. The van der Waals surface area contributed by atoms with Gasteiger partial charge in [-0.05, 0) is 57.7 Å². The van der Waals surface area contributed by atoms with E-state index in [0.29, 0.717) is 18.5 Å². The summed E-state index contributed by atoms with van der Waals surface area (Å²) in [5, 5.41) is 5.64. The summed E-state index contributed by atoms with van der Waals surface area (Å²) in [6.07, 6.45) is 3.10. The number of carbonyl (C=O) groups is 4. The summed E-state index contributed by atoms with van der Waals surface area (Å²) in [6.45, 7) is 11.6. The Labute approximate surface area is 256 Å². The van der Waals surface area contributed by atoms with Crippen molar-refractivity contribution >= 4 is 23.9 Å². The van der Waals surface area contributed by atoms with Crippen molar-refractivity contribution in [2.24, 2.45) is 0 Å². The maximum atomic E-state index is 14.5. The van der Waals surface area contributed by atoms with Gasteiger partial charge in [-0.25, -0.2) is 4.79 Å². The van der Waals surface area contributed by atoms with Crippen molar-refractivity contribution in [3.8, 4) is 0 Å². The highest BCUT2D eigenvalue weighted by Crippen LogP contribution is 2.27. The smallest absolute Gasteiger partial charge is 0.408 e. The zero-order valence-corrected chi connectivity index (χ0v) is 26.6. The molecule has 2 rings (SSSR count). The van der Waals surface area contributed by atoms with Gasteiger partial charge in [0.2, 0.25) is 11.8 Å². The number of amides is 3. The normalized spacial score (nSPS) is 12.5. The van der Waals surface area contributed by atoms with Gasteiger partial charge < -0.3 is 25.0 Å². The molecule has 2 aromatic rings. The molecule has 0 aliphatic rings. The summed E-state index contributed by atoms with van der Waals surface area (Å²) >= 11 is 0. The largest absolute Gasteiger partial charge is 0.466 e. The second kappa shape index (κ2) is 17.9. The lowest BCUT2D eigenvalue weighted by molar-refractivity contribution is -0.144. The number of carbonyl (C=O) groups excluding carboxylic acids is 4. The Kier molecular flexibility index (Phi) is 14.7. The maximum absolute atomic E-state index is 14.5. The summed E-state index contributed by atoms with van der Waals surface area (Å²) in [5.74, 6) is -1.20. The number of unbranched alkanes of at least 4 members (excludes halogenated alkanes) is 3. The molecular weight excluding hydrogens is 546 g/mol. The lowest BCUT2D eigenvalue weighted by Gasteiger charge is -2.35. The van der Waals surface area contributed by atoms with Gasteiger partial charge in [0.1, 0.15) is 17.7 Å². The first-order valence-electron chi connectivity index (χ1n) is 15.3. The molecule has 9 heteroatoms. The van der Waals surface area contributed by atoms with Crippen molar-refractivity contribution in [1.29, 1.82) is 0 Å². The summed E-state index contributed by atoms with van der Waals surface area (Å²) in [5.41, 5.74) is 1.62. The lowest BCUT2D eigenvalue weighted by Crippen LogP contribution is -2.54. The van der Waals surface area contributed by atoms with E-state index in [4.69, 9.17) is 9.47 Å². The van der Waals surface area contributed by atoms with Gasteiger partial charge >= 0.3 is 12.1 Å². The number of alkyl carbamates (subject to hydrolysis) is 1. The quantitative estimate of drug-likeness (QED) is 0.192. The fourth-order valence-electron chi connectivity index (χ4n) is 4.74. The average molecular weight is 596 g/mol. The Balaban J connectivity index is 2.51. The highest BCUT2D eigenvalue weighted by Gasteiger charge is 2.36. The van der Waals surface area contributed by atoms with Crippen LogP contribution < -0.4 is 10.6 Å². The first kappa shape index (κ1) is 35.3. The van der Waals surface area contributed by atoms with E-state index in [0.717, 1.165) is 30.4 Å². The van der Waals surface area contributed by atoms with Gasteiger partial charge in [-0.3, -0.25) is 14.4 Å². The van der Waals surface area contributed by atoms with Crippen molar-refractivity contribution < 1.29 is 28.7 Å². The second-order valence-corrected chi connectivity index (χ2v) is 11.6. The first-order chi connectivity index (χ1) is 20.5. The van der Waals surface area contributed by atoms with E-state index < -0.39 is 35.7 Å². The molecule has 0 saturated heterocycles. The molecule has 0 fully saturated rings. The van der Waals surface area contributed by atoms with Crippen molar-refractivity contribution in [1.82, 2.24) is 15.5 Å². The molecule has 0 bridgehead atoms. The molecule has 0 aromatic heterocycles. The van der Waals surface area contributed by atoms with Crippen LogP contribution in [0, 0.1) is 6.92 Å². The van der Waals surface area contributed by atoms with Crippen LogP contribution in [0.25, 0.3) is 0 Å². The number of hydrogen-bond acceptors (Lipinski definition) is 6. The number of ether oxygens (including phenoxy) is 2. The molecular formula is C34H49N3O6. The molecule has 0 aliphatic carbocycles. The van der Waals surface area contributed by atoms with Crippen LogP contribution in [0.15, 0.2) is 54.6 Å². The molecule has 2 aromatic carbocycles. The topological polar surface area (TPSA) is 114 Å². The van der Waals surface area contributed by atoms with Gasteiger partial charge in [-0.15, -0.1) is 0 Å². The molecule has 2 unspecified atom stereocenters. The molecule has 3 amide bonds. The summed E-state index contributed by atoms with van der Waals surface area (Å²) in [4.78, 5) is 54.9. The number of benzene rings is 2. The van der Waals surface area contributed by atoms with E-state index in [1.807, 2.05) is 61.5 Å². The first-order valence-corrected chi connectivity index (χ1v) is 15.3. The molecule has 0 heterocycles. The zero-order valence-electron chi connectivity index (χ0n) is 26.6. The van der Waals surface area contributed by atoms with E-state index in [1.165, 1.54) is 0 Å². The Morgan fingerprint density at radius 1 is 0.907 bits per heavy atom. The van der Waals surface area contributed by atoms with Gasteiger partial charge in [-0.2, -0.15) is 0 Å². The number of hydrogen-bond donors (Lipinski definition) is 2.